The Morgan fingerprint density at radius 3 is 2.85 bits per heavy atom. The summed E-state index contributed by atoms with van der Waals surface area (Å²) in [4.78, 5) is 18.3. The Morgan fingerprint density at radius 1 is 1.35 bits per heavy atom. The summed E-state index contributed by atoms with van der Waals surface area (Å²) in [6, 6.07) is 9.94. The second kappa shape index (κ2) is 5.75. The molecule has 3 rings (SSSR count). The Kier molecular flexibility index (Phi) is 3.83. The van der Waals surface area contributed by atoms with Crippen molar-refractivity contribution in [3.8, 4) is 0 Å². The molecule has 4 heteroatoms. The number of hydrogen-bond acceptors (Lipinski definition) is 3. The van der Waals surface area contributed by atoms with Gasteiger partial charge in [0.1, 0.15) is 0 Å². The molecule has 1 atom stereocenters. The molecule has 1 aromatic heterocycles. The van der Waals surface area contributed by atoms with Crippen molar-refractivity contribution in [3.05, 3.63) is 46.5 Å². The maximum Gasteiger partial charge on any atom is 0.233 e. The highest BCUT2D eigenvalue weighted by Crippen LogP contribution is 2.31. The number of carbonyl (C=O) groups is 1. The van der Waals surface area contributed by atoms with Crippen LogP contribution < -0.4 is 5.32 Å². The van der Waals surface area contributed by atoms with E-state index in [0.29, 0.717) is 0 Å². The number of benzene rings is 1. The Hall–Kier alpha value is -1.68. The van der Waals surface area contributed by atoms with Crippen molar-refractivity contribution in [2.75, 3.05) is 5.32 Å². The van der Waals surface area contributed by atoms with Crippen molar-refractivity contribution in [2.24, 2.45) is 0 Å². The molecular weight excluding hydrogens is 268 g/mol. The number of fused-ring (bicyclic) bond motifs is 1. The zero-order valence-electron chi connectivity index (χ0n) is 11.6. The number of aromatic nitrogens is 1. The van der Waals surface area contributed by atoms with E-state index in [1.807, 2.05) is 37.3 Å². The highest BCUT2D eigenvalue weighted by Gasteiger charge is 2.22. The zero-order valence-corrected chi connectivity index (χ0v) is 12.4. The van der Waals surface area contributed by atoms with Gasteiger partial charge in [-0.3, -0.25) is 4.79 Å². The van der Waals surface area contributed by atoms with Crippen LogP contribution in [0.2, 0.25) is 0 Å². The van der Waals surface area contributed by atoms with E-state index < -0.39 is 0 Å². The number of nitrogens with one attached hydrogen (secondary N) is 1. The van der Waals surface area contributed by atoms with E-state index in [1.165, 1.54) is 17.0 Å². The second-order valence-corrected chi connectivity index (χ2v) is 6.19. The van der Waals surface area contributed by atoms with Crippen LogP contribution in [0.5, 0.6) is 0 Å². The first kappa shape index (κ1) is 13.3. The van der Waals surface area contributed by atoms with Gasteiger partial charge in [0.15, 0.2) is 5.13 Å². The third-order valence-electron chi connectivity index (χ3n) is 3.75. The number of hydrogen-bond donors (Lipinski definition) is 1. The highest BCUT2D eigenvalue weighted by atomic mass is 32.1. The van der Waals surface area contributed by atoms with Crippen molar-refractivity contribution in [2.45, 2.75) is 38.5 Å². The summed E-state index contributed by atoms with van der Waals surface area (Å²) in [6.45, 7) is 2.04. The zero-order chi connectivity index (χ0) is 13.9. The largest absolute Gasteiger partial charge is 0.301 e. The number of carbonyl (C=O) groups excluding carboxylic acids is 1. The molecule has 104 valence electrons. The maximum atomic E-state index is 12.4. The van der Waals surface area contributed by atoms with E-state index in [2.05, 4.69) is 10.3 Å². The minimum atomic E-state index is -0.102. The summed E-state index contributed by atoms with van der Waals surface area (Å²) in [7, 11) is 0. The van der Waals surface area contributed by atoms with Gasteiger partial charge in [-0.15, -0.1) is 11.3 Å². The molecule has 0 spiro atoms. The Morgan fingerprint density at radius 2 is 2.15 bits per heavy atom. The molecule has 0 radical (unpaired) electrons. The van der Waals surface area contributed by atoms with Crippen LogP contribution in [0.4, 0.5) is 5.13 Å². The van der Waals surface area contributed by atoms with E-state index in [4.69, 9.17) is 0 Å². The molecule has 0 fully saturated rings. The summed E-state index contributed by atoms with van der Waals surface area (Å²) < 4.78 is 0. The molecule has 1 amide bonds. The number of rotatable bonds is 4. The molecule has 2 aromatic rings. The molecular formula is C16H18N2OS. The van der Waals surface area contributed by atoms with E-state index in [9.17, 15) is 4.79 Å². The summed E-state index contributed by atoms with van der Waals surface area (Å²) >= 11 is 1.63. The fourth-order valence-electron chi connectivity index (χ4n) is 2.69. The van der Waals surface area contributed by atoms with Gasteiger partial charge in [0, 0.05) is 4.88 Å². The lowest BCUT2D eigenvalue weighted by atomic mass is 9.96. The van der Waals surface area contributed by atoms with Crippen molar-refractivity contribution in [3.63, 3.8) is 0 Å². The molecule has 0 saturated heterocycles. The minimum Gasteiger partial charge on any atom is -0.301 e. The molecule has 20 heavy (non-hydrogen) atoms. The molecule has 0 bridgehead atoms. The van der Waals surface area contributed by atoms with Crippen LogP contribution in [0.15, 0.2) is 30.3 Å². The fraction of sp³-hybridized carbons (Fsp3) is 0.375. The Bertz CT molecular complexity index is 585. The molecule has 1 heterocycles. The average Bonchev–Trinajstić information content (AvgIpc) is 3.01. The standard InChI is InChI=1S/C16H18N2OS/c1-2-12(11-7-4-3-5-8-11)15(19)18-16-17-13-9-6-10-14(13)20-16/h3-5,7-8,12H,2,6,9-10H2,1H3,(H,17,18,19). The number of nitrogens with zero attached hydrogens (tertiary/aromatic N) is 1. The average molecular weight is 286 g/mol. The SMILES string of the molecule is CCC(C(=O)Nc1nc2c(s1)CCC2)c1ccccc1. The quantitative estimate of drug-likeness (QED) is 0.929. The van der Waals surface area contributed by atoms with Gasteiger partial charge in [-0.2, -0.15) is 0 Å². The number of anilines is 1. The normalized spacial score (nSPS) is 14.8. The summed E-state index contributed by atoms with van der Waals surface area (Å²) in [5, 5.41) is 3.75. The number of aryl methyl sites for hydroxylation is 2. The Balaban J connectivity index is 1.74. The lowest BCUT2D eigenvalue weighted by Crippen LogP contribution is -2.20. The van der Waals surface area contributed by atoms with Crippen molar-refractivity contribution < 1.29 is 4.79 Å². The van der Waals surface area contributed by atoms with Crippen LogP contribution in [0.1, 0.15) is 41.8 Å². The molecule has 1 unspecified atom stereocenters. The van der Waals surface area contributed by atoms with Gasteiger partial charge in [0.05, 0.1) is 11.6 Å². The first-order chi connectivity index (χ1) is 9.78. The number of thiazole rings is 1. The topological polar surface area (TPSA) is 42.0 Å². The van der Waals surface area contributed by atoms with E-state index in [-0.39, 0.29) is 11.8 Å². The van der Waals surface area contributed by atoms with Crippen molar-refractivity contribution >= 4 is 22.4 Å². The predicted molar refractivity (Wildman–Crippen MR) is 82.2 cm³/mol. The van der Waals surface area contributed by atoms with E-state index in [1.54, 1.807) is 11.3 Å². The van der Waals surface area contributed by atoms with Crippen LogP contribution in [0, 0.1) is 0 Å². The predicted octanol–water partition coefficient (Wildman–Crippen LogP) is 3.76. The van der Waals surface area contributed by atoms with E-state index >= 15 is 0 Å². The molecule has 1 aliphatic rings. The van der Waals surface area contributed by atoms with Gasteiger partial charge >= 0.3 is 0 Å². The van der Waals surface area contributed by atoms with Crippen molar-refractivity contribution in [1.29, 1.82) is 0 Å². The molecule has 1 aromatic carbocycles. The summed E-state index contributed by atoms with van der Waals surface area (Å²) in [5.74, 6) is -0.0546. The second-order valence-electron chi connectivity index (χ2n) is 5.10. The number of amides is 1. The molecule has 1 aliphatic carbocycles. The van der Waals surface area contributed by atoms with Crippen LogP contribution in [0.3, 0.4) is 0 Å². The highest BCUT2D eigenvalue weighted by molar-refractivity contribution is 7.15. The Labute approximate surface area is 123 Å². The third-order valence-corrected chi connectivity index (χ3v) is 4.83. The first-order valence-electron chi connectivity index (χ1n) is 7.12. The first-order valence-corrected chi connectivity index (χ1v) is 7.94. The van der Waals surface area contributed by atoms with Gasteiger partial charge in [-0.25, -0.2) is 4.98 Å². The summed E-state index contributed by atoms with van der Waals surface area (Å²) in [5.41, 5.74) is 2.25. The molecule has 1 N–H and O–H groups in total. The van der Waals surface area contributed by atoms with Gasteiger partial charge < -0.3 is 5.32 Å². The summed E-state index contributed by atoms with van der Waals surface area (Å²) in [6.07, 6.45) is 4.15. The van der Waals surface area contributed by atoms with Gasteiger partial charge in [-0.05, 0) is 31.2 Å². The van der Waals surface area contributed by atoms with Gasteiger partial charge in [-0.1, -0.05) is 37.3 Å². The van der Waals surface area contributed by atoms with Crippen LogP contribution in [-0.4, -0.2) is 10.9 Å². The fourth-order valence-corrected chi connectivity index (χ4v) is 3.75. The minimum absolute atomic E-state index is 0.0473. The molecule has 3 nitrogen and oxygen atoms in total. The molecule has 0 aliphatic heterocycles. The van der Waals surface area contributed by atoms with Crippen LogP contribution >= 0.6 is 11.3 Å². The maximum absolute atomic E-state index is 12.4. The third kappa shape index (κ3) is 2.61. The van der Waals surface area contributed by atoms with Crippen molar-refractivity contribution in [1.82, 2.24) is 4.98 Å². The lowest BCUT2D eigenvalue weighted by molar-refractivity contribution is -0.117. The van der Waals surface area contributed by atoms with Gasteiger partial charge in [0.2, 0.25) is 5.91 Å². The van der Waals surface area contributed by atoms with Gasteiger partial charge in [0.25, 0.3) is 0 Å². The van der Waals surface area contributed by atoms with E-state index in [0.717, 1.165) is 30.0 Å². The molecule has 0 saturated carbocycles. The monoisotopic (exact) mass is 286 g/mol. The van der Waals surface area contributed by atoms with Crippen LogP contribution in [0.25, 0.3) is 0 Å². The smallest absolute Gasteiger partial charge is 0.233 e. The van der Waals surface area contributed by atoms with Crippen LogP contribution in [-0.2, 0) is 17.6 Å². The lowest BCUT2D eigenvalue weighted by Gasteiger charge is -2.14.